The maximum atomic E-state index is 13.5. The van der Waals surface area contributed by atoms with E-state index in [0.717, 1.165) is 25.0 Å². The van der Waals surface area contributed by atoms with Gasteiger partial charge in [-0.3, -0.25) is 0 Å². The van der Waals surface area contributed by atoms with Crippen molar-refractivity contribution in [2.24, 2.45) is 0 Å². The molecule has 2 rings (SSSR count). The number of sulfonamides is 1. The fourth-order valence-corrected chi connectivity index (χ4v) is 4.10. The predicted molar refractivity (Wildman–Crippen MR) is 75.0 cm³/mol. The molecule has 20 heavy (non-hydrogen) atoms. The van der Waals surface area contributed by atoms with Crippen molar-refractivity contribution in [3.8, 4) is 0 Å². The van der Waals surface area contributed by atoms with Crippen LogP contribution >= 0.6 is 23.2 Å². The molecule has 1 aromatic carbocycles. The summed E-state index contributed by atoms with van der Waals surface area (Å²) in [6, 6.07) is 2.26. The minimum Gasteiger partial charge on any atom is -0.389 e. The highest BCUT2D eigenvalue weighted by Gasteiger charge is 2.33. The Morgan fingerprint density at radius 1 is 1.30 bits per heavy atom. The average molecular weight is 342 g/mol. The molecule has 0 unspecified atom stereocenters. The Morgan fingerprint density at radius 3 is 2.50 bits per heavy atom. The van der Waals surface area contributed by atoms with Crippen molar-refractivity contribution < 1.29 is 17.9 Å². The molecule has 112 valence electrons. The Balaban J connectivity index is 2.21. The molecule has 1 aromatic rings. The molecule has 1 fully saturated rings. The van der Waals surface area contributed by atoms with Crippen LogP contribution in [0.2, 0.25) is 10.0 Å². The maximum absolute atomic E-state index is 13.5. The zero-order chi connectivity index (χ0) is 15.0. The lowest BCUT2D eigenvalue weighted by atomic mass is 10.0. The van der Waals surface area contributed by atoms with Crippen LogP contribution in [0.15, 0.2) is 17.0 Å². The van der Waals surface area contributed by atoms with E-state index < -0.39 is 26.5 Å². The smallest absolute Gasteiger partial charge is 0.242 e. The molecular weight excluding hydrogens is 328 g/mol. The lowest BCUT2D eigenvalue weighted by Crippen LogP contribution is -2.40. The second kappa shape index (κ2) is 5.77. The van der Waals surface area contributed by atoms with Gasteiger partial charge in [-0.2, -0.15) is 0 Å². The van der Waals surface area contributed by atoms with Crippen molar-refractivity contribution in [1.29, 1.82) is 0 Å². The number of benzene rings is 1. The highest BCUT2D eigenvalue weighted by Crippen LogP contribution is 2.31. The first kappa shape index (κ1) is 16.0. The average Bonchev–Trinajstić information content (AvgIpc) is 2.81. The van der Waals surface area contributed by atoms with E-state index >= 15 is 0 Å². The van der Waals surface area contributed by atoms with Crippen LogP contribution in [-0.2, 0) is 10.0 Å². The summed E-state index contributed by atoms with van der Waals surface area (Å²) in [4.78, 5) is -0.386. The summed E-state index contributed by atoms with van der Waals surface area (Å²) in [7, 11) is -4.00. The Kier molecular flexibility index (Phi) is 4.61. The second-order valence-electron chi connectivity index (χ2n) is 4.93. The van der Waals surface area contributed by atoms with Gasteiger partial charge in [-0.1, -0.05) is 36.0 Å². The lowest BCUT2D eigenvalue weighted by Gasteiger charge is -2.22. The summed E-state index contributed by atoms with van der Waals surface area (Å²) >= 11 is 11.2. The molecular formula is C12H14Cl2FNO3S. The molecule has 2 N–H and O–H groups in total. The SMILES string of the molecule is O=S(=O)(NCC1(O)CCCC1)c1ccc(Cl)c(F)c1Cl. The van der Waals surface area contributed by atoms with E-state index in [4.69, 9.17) is 23.2 Å². The van der Waals surface area contributed by atoms with Crippen LogP contribution in [0, 0.1) is 5.82 Å². The molecule has 0 aromatic heterocycles. The fraction of sp³-hybridized carbons (Fsp3) is 0.500. The summed E-state index contributed by atoms with van der Waals surface area (Å²) in [6.07, 6.45) is 2.79. The molecule has 0 aliphatic heterocycles. The van der Waals surface area contributed by atoms with E-state index in [-0.39, 0.29) is 16.5 Å². The van der Waals surface area contributed by atoms with Gasteiger partial charge in [-0.15, -0.1) is 0 Å². The van der Waals surface area contributed by atoms with E-state index in [2.05, 4.69) is 4.72 Å². The molecule has 0 amide bonds. The summed E-state index contributed by atoms with van der Waals surface area (Å²) in [5, 5.41) is 9.32. The zero-order valence-corrected chi connectivity index (χ0v) is 12.8. The van der Waals surface area contributed by atoms with Gasteiger partial charge in [0.2, 0.25) is 10.0 Å². The molecule has 8 heteroatoms. The van der Waals surface area contributed by atoms with Gasteiger partial charge in [0, 0.05) is 6.54 Å². The standard InChI is InChI=1S/C12H14Cl2FNO3S/c13-8-3-4-9(10(14)11(8)15)20(18,19)16-7-12(17)5-1-2-6-12/h3-4,16-17H,1-2,5-7H2. The van der Waals surface area contributed by atoms with Crippen LogP contribution in [0.25, 0.3) is 0 Å². The van der Waals surface area contributed by atoms with Crippen LogP contribution in [0.1, 0.15) is 25.7 Å². The Labute approximate surface area is 126 Å². The second-order valence-corrected chi connectivity index (χ2v) is 7.45. The first-order valence-electron chi connectivity index (χ1n) is 6.11. The molecule has 0 bridgehead atoms. The van der Waals surface area contributed by atoms with E-state index in [1.807, 2.05) is 0 Å². The van der Waals surface area contributed by atoms with Gasteiger partial charge in [0.15, 0.2) is 5.82 Å². The highest BCUT2D eigenvalue weighted by atomic mass is 35.5. The van der Waals surface area contributed by atoms with Gasteiger partial charge >= 0.3 is 0 Å². The molecule has 4 nitrogen and oxygen atoms in total. The molecule has 0 saturated heterocycles. The van der Waals surface area contributed by atoms with Crippen molar-refractivity contribution in [2.75, 3.05) is 6.54 Å². The van der Waals surface area contributed by atoms with Crippen LogP contribution in [0.5, 0.6) is 0 Å². The number of halogens is 3. The third-order valence-corrected chi connectivity index (χ3v) is 5.63. The molecule has 1 saturated carbocycles. The summed E-state index contributed by atoms with van der Waals surface area (Å²) in [6.45, 7) is -0.115. The topological polar surface area (TPSA) is 66.4 Å². The third-order valence-electron chi connectivity index (χ3n) is 3.41. The minimum atomic E-state index is -4.00. The molecule has 0 radical (unpaired) electrons. The van der Waals surface area contributed by atoms with E-state index in [1.165, 1.54) is 0 Å². The van der Waals surface area contributed by atoms with Crippen LogP contribution in [-0.4, -0.2) is 25.7 Å². The minimum absolute atomic E-state index is 0.115. The van der Waals surface area contributed by atoms with Gasteiger partial charge in [-0.25, -0.2) is 17.5 Å². The zero-order valence-electron chi connectivity index (χ0n) is 10.5. The summed E-state index contributed by atoms with van der Waals surface area (Å²) < 4.78 is 40.0. The number of aliphatic hydroxyl groups is 1. The van der Waals surface area contributed by atoms with Crippen molar-refractivity contribution in [2.45, 2.75) is 36.2 Å². The van der Waals surface area contributed by atoms with Gasteiger partial charge in [0.1, 0.15) is 4.90 Å². The molecule has 1 aliphatic rings. The first-order chi connectivity index (χ1) is 9.25. The van der Waals surface area contributed by atoms with Gasteiger partial charge in [0.25, 0.3) is 0 Å². The highest BCUT2D eigenvalue weighted by molar-refractivity contribution is 7.89. The third kappa shape index (κ3) is 3.26. The Morgan fingerprint density at radius 2 is 1.90 bits per heavy atom. The van der Waals surface area contributed by atoms with Crippen molar-refractivity contribution in [1.82, 2.24) is 4.72 Å². The van der Waals surface area contributed by atoms with E-state index in [9.17, 15) is 17.9 Å². The Bertz CT molecular complexity index is 615. The van der Waals surface area contributed by atoms with Crippen LogP contribution in [0.4, 0.5) is 4.39 Å². The number of hydrogen-bond donors (Lipinski definition) is 2. The van der Waals surface area contributed by atoms with Gasteiger partial charge < -0.3 is 5.11 Å². The van der Waals surface area contributed by atoms with Gasteiger partial charge in [-0.05, 0) is 25.0 Å². The quantitative estimate of drug-likeness (QED) is 0.827. The van der Waals surface area contributed by atoms with Crippen molar-refractivity contribution in [3.05, 3.63) is 28.0 Å². The number of rotatable bonds is 4. The Hall–Kier alpha value is -0.400. The molecule has 0 heterocycles. The van der Waals surface area contributed by atoms with Crippen molar-refractivity contribution in [3.63, 3.8) is 0 Å². The van der Waals surface area contributed by atoms with E-state index in [1.54, 1.807) is 0 Å². The molecule has 1 aliphatic carbocycles. The number of nitrogens with one attached hydrogen (secondary N) is 1. The van der Waals surface area contributed by atoms with E-state index in [0.29, 0.717) is 12.8 Å². The summed E-state index contributed by atoms with van der Waals surface area (Å²) in [5.74, 6) is -0.976. The van der Waals surface area contributed by atoms with Crippen LogP contribution in [0.3, 0.4) is 0 Å². The predicted octanol–water partition coefficient (Wildman–Crippen LogP) is 2.72. The molecule has 0 atom stereocenters. The van der Waals surface area contributed by atoms with Crippen molar-refractivity contribution >= 4 is 33.2 Å². The maximum Gasteiger partial charge on any atom is 0.242 e. The normalized spacial score (nSPS) is 18.4. The first-order valence-corrected chi connectivity index (χ1v) is 8.35. The summed E-state index contributed by atoms with van der Waals surface area (Å²) in [5.41, 5.74) is -1.04. The monoisotopic (exact) mass is 341 g/mol. The largest absolute Gasteiger partial charge is 0.389 e. The lowest BCUT2D eigenvalue weighted by molar-refractivity contribution is 0.0532. The van der Waals surface area contributed by atoms with Gasteiger partial charge in [0.05, 0.1) is 15.6 Å². The number of hydrogen-bond acceptors (Lipinski definition) is 3. The fourth-order valence-electron chi connectivity index (χ4n) is 2.23. The van der Waals surface area contributed by atoms with Crippen LogP contribution < -0.4 is 4.72 Å². The molecule has 0 spiro atoms.